The maximum Gasteiger partial charge on any atom is 1.00 e. The van der Waals surface area contributed by atoms with Crippen molar-refractivity contribution < 1.29 is 44.8 Å². The number of nitrogens with zero attached hydrogens (tertiary/aromatic N) is 2. The van der Waals surface area contributed by atoms with Crippen LogP contribution in [0.1, 0.15) is 11.3 Å². The fourth-order valence-electron chi connectivity index (χ4n) is 8.97. The van der Waals surface area contributed by atoms with Crippen molar-refractivity contribution >= 4 is 97.2 Å². The Morgan fingerprint density at radius 2 is 0.857 bits per heavy atom. The smallest absolute Gasteiger partial charge is 0.366 e. The minimum atomic E-state index is -1.23. The summed E-state index contributed by atoms with van der Waals surface area (Å²) in [5, 5.41) is 15.0. The molecule has 0 bridgehead atoms. The van der Waals surface area contributed by atoms with Crippen LogP contribution in [0.15, 0.2) is 249 Å². The molecule has 0 unspecified atom stereocenters. The van der Waals surface area contributed by atoms with Gasteiger partial charge in [0.15, 0.2) is 0 Å². The second kappa shape index (κ2) is 24.4. The molecule has 0 radical (unpaired) electrons. The zero-order valence-corrected chi connectivity index (χ0v) is 45.1. The molecule has 0 fully saturated rings. The van der Waals surface area contributed by atoms with Gasteiger partial charge < -0.3 is 22.0 Å². The van der Waals surface area contributed by atoms with Crippen LogP contribution in [-0.4, -0.2) is 9.13 Å². The first kappa shape index (κ1) is 51.4. The summed E-state index contributed by atoms with van der Waals surface area (Å²) in [5.74, 6) is 4.68. The minimum absolute atomic E-state index is 0. The van der Waals surface area contributed by atoms with Gasteiger partial charge in [-0.2, -0.15) is 6.58 Å². The van der Waals surface area contributed by atoms with Gasteiger partial charge in [-0.15, -0.1) is 29.3 Å². The van der Waals surface area contributed by atoms with Crippen LogP contribution in [-0.2, 0) is 58.9 Å². The first-order valence-corrected chi connectivity index (χ1v) is 25.6. The van der Waals surface area contributed by atoms with Crippen LogP contribution < -0.4 is 31.8 Å². The fraction of sp³-hybridized carbons (Fsp3) is 0.0312. The van der Waals surface area contributed by atoms with E-state index in [2.05, 4.69) is 223 Å². The van der Waals surface area contributed by atoms with Crippen molar-refractivity contribution in [3.63, 3.8) is 0 Å². The number of rotatable bonds is 8. The van der Waals surface area contributed by atoms with Crippen LogP contribution in [0.4, 0.5) is 0 Å². The molecule has 0 spiro atoms. The van der Waals surface area contributed by atoms with Gasteiger partial charge in [-0.25, -0.2) is 0 Å². The van der Waals surface area contributed by atoms with Crippen LogP contribution in [0.2, 0.25) is 0 Å². The van der Waals surface area contributed by atoms with Crippen molar-refractivity contribution in [2.45, 2.75) is 0 Å². The van der Waals surface area contributed by atoms with Crippen LogP contribution in [0.25, 0.3) is 49.6 Å². The van der Waals surface area contributed by atoms with E-state index in [-0.39, 0.29) is 44.8 Å². The molecule has 11 aromatic rings. The summed E-state index contributed by atoms with van der Waals surface area (Å²) in [5.41, 5.74) is 6.11. The third kappa shape index (κ3) is 11.4. The number of fused-ring (bicyclic) bond motifs is 5. The van der Waals surface area contributed by atoms with E-state index in [9.17, 15) is 0 Å². The topological polar surface area (TPSA) is 9.86 Å². The maximum absolute atomic E-state index is 7.18. The fourth-order valence-corrected chi connectivity index (χ4v) is 15.0. The number of aryl methyl sites for hydroxylation is 2. The second-order valence-electron chi connectivity index (χ2n) is 16.6. The minimum Gasteiger partial charge on any atom is -0.366 e. The summed E-state index contributed by atoms with van der Waals surface area (Å²) >= 11 is 0. The van der Waals surface area contributed by atoms with Crippen LogP contribution in [0, 0.1) is 24.7 Å². The molecule has 0 aliphatic heterocycles. The Kier molecular flexibility index (Phi) is 17.9. The average molecular weight is 1300 g/mol. The van der Waals surface area contributed by atoms with E-state index in [0.717, 1.165) is 11.3 Å². The first-order chi connectivity index (χ1) is 33.4. The number of hydrogen-bond donors (Lipinski definition) is 0. The van der Waals surface area contributed by atoms with E-state index in [1.54, 1.807) is 6.08 Å². The van der Waals surface area contributed by atoms with Gasteiger partial charge in [-0.3, -0.25) is 11.8 Å². The number of hydrogen-bond acceptors (Lipinski definition) is 0. The van der Waals surface area contributed by atoms with Gasteiger partial charge in [-0.05, 0) is 95.0 Å². The molecule has 0 saturated heterocycles. The van der Waals surface area contributed by atoms with Crippen molar-refractivity contribution in [3.8, 4) is 11.8 Å². The Morgan fingerprint density at radius 3 is 1.31 bits per heavy atom. The van der Waals surface area contributed by atoms with E-state index in [4.69, 9.17) is 12.8 Å². The molecule has 0 atom stereocenters. The quantitative estimate of drug-likeness (QED) is 0.0472. The SMILES string of the molecule is [Au+].[Au+].[C-]#CC(=C)/C=C\c1cc2ccccc2n1C.[C-]#Cc1ccc2c(c1)c1ccccc1n2C.c1ccc([PH+](c2ccccc2)c2cc3ccccc3cc2[PH+](c2ccccc2)c2ccccc2)cc1. The summed E-state index contributed by atoms with van der Waals surface area (Å²) < 4.78 is 4.29. The molecule has 11 rings (SSSR count). The predicted octanol–water partition coefficient (Wildman–Crippen LogP) is 12.4. The largest absolute Gasteiger partial charge is 1.00 e. The Balaban J connectivity index is 0.000000176. The normalized spacial score (nSPS) is 10.7. The van der Waals surface area contributed by atoms with Gasteiger partial charge in [0, 0.05) is 47.1 Å². The molecule has 70 heavy (non-hydrogen) atoms. The van der Waals surface area contributed by atoms with Crippen molar-refractivity contribution in [2.24, 2.45) is 14.1 Å². The van der Waals surface area contributed by atoms with E-state index >= 15 is 0 Å². The van der Waals surface area contributed by atoms with Crippen LogP contribution >= 0.6 is 15.8 Å². The molecule has 0 amide bonds. The number of aromatic nitrogens is 2. The second-order valence-corrected chi connectivity index (χ2v) is 21.4. The maximum atomic E-state index is 7.18. The molecule has 2 aromatic heterocycles. The Labute approximate surface area is 446 Å². The average Bonchev–Trinajstić information content (AvgIpc) is 3.88. The van der Waals surface area contributed by atoms with Gasteiger partial charge in [0.05, 0.1) is 0 Å². The monoisotopic (exact) mass is 1300 g/mol. The van der Waals surface area contributed by atoms with E-state index in [1.807, 2.05) is 55.6 Å². The van der Waals surface area contributed by atoms with E-state index in [1.165, 1.54) is 75.3 Å². The molecule has 2 heterocycles. The molecular weight excluding hydrogens is 1250 g/mol. The Bertz CT molecular complexity index is 3440. The molecule has 6 heteroatoms. The summed E-state index contributed by atoms with van der Waals surface area (Å²) in [6.07, 6.45) is 17.8. The number of allylic oxidation sites excluding steroid dienone is 2. The Morgan fingerprint density at radius 1 is 0.443 bits per heavy atom. The number of para-hydroxylation sites is 2. The summed E-state index contributed by atoms with van der Waals surface area (Å²) in [6.45, 7) is 3.68. The molecule has 0 saturated carbocycles. The van der Waals surface area contributed by atoms with Crippen molar-refractivity contribution in [2.75, 3.05) is 0 Å². The van der Waals surface area contributed by atoms with Gasteiger partial charge >= 0.3 is 44.8 Å². The first-order valence-electron chi connectivity index (χ1n) is 22.6. The molecule has 346 valence electrons. The van der Waals surface area contributed by atoms with Crippen molar-refractivity contribution in [1.82, 2.24) is 9.13 Å². The molecular formula is C64H50Au2N2P2+2. The summed E-state index contributed by atoms with van der Waals surface area (Å²) in [7, 11) is 1.63. The molecule has 2 nitrogen and oxygen atoms in total. The zero-order chi connectivity index (χ0) is 46.8. The molecule has 0 aliphatic rings. The number of benzene rings is 9. The third-order valence-electron chi connectivity index (χ3n) is 12.3. The Hall–Kier alpha value is -6.48. The van der Waals surface area contributed by atoms with Crippen molar-refractivity contribution in [1.29, 1.82) is 0 Å². The van der Waals surface area contributed by atoms with Gasteiger partial charge in [0.1, 0.15) is 47.7 Å². The standard InChI is InChI=1S/C34H26P2.C15H10N.C15H12N.2Au/c1-5-17-29(18-6-1)35(30-19-7-2-8-20-30)33-25-27-15-13-14-16-28(27)26-34(33)36(31-21-9-3-10-22-31)32-23-11-4-12-24-32;1-3-11-8-9-15-13(10-11)12-6-4-5-7-14(12)16(15)2;1-4-12(2)9-10-14-11-13-7-5-6-8-15(13)16(14)3;;/h1-26H;4-10H,2H3;5-11H,2H2,3H3;;/q;2*-1;2*+1/p+2/b;;10-9-;;. The third-order valence-corrected chi connectivity index (χ3v) is 18.1. The van der Waals surface area contributed by atoms with Gasteiger partial charge in [0.2, 0.25) is 0 Å². The predicted molar refractivity (Wildman–Crippen MR) is 299 cm³/mol. The van der Waals surface area contributed by atoms with E-state index in [0.29, 0.717) is 5.57 Å². The summed E-state index contributed by atoms with van der Waals surface area (Å²) in [6, 6.07) is 83.0. The zero-order valence-electron chi connectivity index (χ0n) is 38.8. The van der Waals surface area contributed by atoms with E-state index < -0.39 is 15.8 Å². The van der Waals surface area contributed by atoms with Crippen LogP contribution in [0.3, 0.4) is 0 Å². The van der Waals surface area contributed by atoms with Gasteiger partial charge in [-0.1, -0.05) is 146 Å². The van der Waals surface area contributed by atoms with Gasteiger partial charge in [0.25, 0.3) is 0 Å². The van der Waals surface area contributed by atoms with Crippen LogP contribution in [0.5, 0.6) is 0 Å². The summed E-state index contributed by atoms with van der Waals surface area (Å²) in [4.78, 5) is 0. The van der Waals surface area contributed by atoms with Crippen molar-refractivity contribution in [3.05, 3.63) is 273 Å². The molecule has 0 aliphatic carbocycles. The molecule has 0 N–H and O–H groups in total. The molecule has 9 aromatic carbocycles.